The number of rotatable bonds is 6. The molecule has 0 amide bonds. The molecule has 0 radical (unpaired) electrons. The molecule has 0 aliphatic carbocycles. The quantitative estimate of drug-likeness (QED) is 0.685. The van der Waals surface area contributed by atoms with Crippen molar-refractivity contribution >= 4 is 0 Å². The van der Waals surface area contributed by atoms with E-state index < -0.39 is 0 Å². The molecule has 0 aliphatic heterocycles. The van der Waals surface area contributed by atoms with Crippen LogP contribution in [0.1, 0.15) is 19.5 Å². The minimum Gasteiger partial charge on any atom is -0.313 e. The molecule has 0 saturated heterocycles. The van der Waals surface area contributed by atoms with Gasteiger partial charge < -0.3 is 5.32 Å². The van der Waals surface area contributed by atoms with Crippen molar-refractivity contribution in [3.63, 3.8) is 0 Å². The molecule has 2 N–H and O–H groups in total. The number of nitrogens with one attached hydrogen (secondary N) is 2. The smallest absolute Gasteiger partial charge is 0.0964 e. The molecule has 80 valence electrons. The molecule has 0 aliphatic rings. The van der Waals surface area contributed by atoms with Crippen molar-refractivity contribution in [1.82, 2.24) is 25.6 Å². The van der Waals surface area contributed by atoms with Gasteiger partial charge in [0.15, 0.2) is 0 Å². The number of H-pyrrole nitrogens is 1. The largest absolute Gasteiger partial charge is 0.313 e. The Kier molecular flexibility index (Phi) is 4.55. The zero-order valence-electron chi connectivity index (χ0n) is 9.12. The molecule has 0 fully saturated rings. The minimum atomic E-state index is 0.551. The van der Waals surface area contributed by atoms with E-state index in [1.165, 1.54) is 0 Å². The van der Waals surface area contributed by atoms with Crippen molar-refractivity contribution in [3.8, 4) is 0 Å². The summed E-state index contributed by atoms with van der Waals surface area (Å²) in [7, 11) is 2.08. The van der Waals surface area contributed by atoms with Crippen molar-refractivity contribution in [2.24, 2.45) is 0 Å². The Morgan fingerprint density at radius 1 is 1.57 bits per heavy atom. The molecule has 0 bridgehead atoms. The van der Waals surface area contributed by atoms with Gasteiger partial charge >= 0.3 is 0 Å². The van der Waals surface area contributed by atoms with E-state index in [-0.39, 0.29) is 0 Å². The minimum absolute atomic E-state index is 0.551. The zero-order valence-corrected chi connectivity index (χ0v) is 9.12. The van der Waals surface area contributed by atoms with Gasteiger partial charge in [0.05, 0.1) is 11.9 Å². The summed E-state index contributed by atoms with van der Waals surface area (Å²) in [5.41, 5.74) is 0.983. The monoisotopic (exact) mass is 197 g/mol. The van der Waals surface area contributed by atoms with Gasteiger partial charge in [-0.2, -0.15) is 15.4 Å². The lowest BCUT2D eigenvalue weighted by Crippen LogP contribution is -2.32. The van der Waals surface area contributed by atoms with Crippen LogP contribution in [0.2, 0.25) is 0 Å². The van der Waals surface area contributed by atoms with Gasteiger partial charge in [-0.05, 0) is 7.05 Å². The van der Waals surface area contributed by atoms with Crippen LogP contribution in [0.5, 0.6) is 0 Å². The highest BCUT2D eigenvalue weighted by molar-refractivity contribution is 4.89. The third-order valence-electron chi connectivity index (χ3n) is 1.94. The predicted molar refractivity (Wildman–Crippen MR) is 55.9 cm³/mol. The molecule has 5 heteroatoms. The highest BCUT2D eigenvalue weighted by Gasteiger charge is 2.02. The van der Waals surface area contributed by atoms with Crippen LogP contribution < -0.4 is 5.32 Å². The summed E-state index contributed by atoms with van der Waals surface area (Å²) < 4.78 is 0. The van der Waals surface area contributed by atoms with Gasteiger partial charge in [0.1, 0.15) is 0 Å². The van der Waals surface area contributed by atoms with Crippen LogP contribution in [0.3, 0.4) is 0 Å². The third kappa shape index (κ3) is 4.34. The van der Waals surface area contributed by atoms with Crippen molar-refractivity contribution < 1.29 is 0 Å². The fourth-order valence-electron chi connectivity index (χ4n) is 1.20. The molecular formula is C9H19N5. The molecule has 5 nitrogen and oxygen atoms in total. The first-order chi connectivity index (χ1) is 6.68. The van der Waals surface area contributed by atoms with Gasteiger partial charge in [-0.25, -0.2) is 0 Å². The molecule has 1 aromatic heterocycles. The molecule has 0 atom stereocenters. The first kappa shape index (κ1) is 11.1. The first-order valence-corrected chi connectivity index (χ1v) is 4.95. The molecule has 1 heterocycles. The van der Waals surface area contributed by atoms with Crippen LogP contribution in [0.25, 0.3) is 0 Å². The topological polar surface area (TPSA) is 56.8 Å². The van der Waals surface area contributed by atoms with E-state index in [4.69, 9.17) is 0 Å². The van der Waals surface area contributed by atoms with E-state index in [2.05, 4.69) is 46.5 Å². The van der Waals surface area contributed by atoms with E-state index in [1.54, 1.807) is 6.20 Å². The Morgan fingerprint density at radius 3 is 2.93 bits per heavy atom. The SMILES string of the molecule is CC(C)NCCN(C)Cc1cn[nH]n1. The van der Waals surface area contributed by atoms with E-state index >= 15 is 0 Å². The van der Waals surface area contributed by atoms with Crippen LogP contribution in [0.4, 0.5) is 0 Å². The summed E-state index contributed by atoms with van der Waals surface area (Å²) in [6.07, 6.45) is 1.76. The fraction of sp³-hybridized carbons (Fsp3) is 0.778. The number of aromatic nitrogens is 3. The van der Waals surface area contributed by atoms with Crippen LogP contribution in [0, 0.1) is 0 Å². The van der Waals surface area contributed by atoms with Gasteiger partial charge in [-0.3, -0.25) is 4.90 Å². The number of aromatic amines is 1. The number of hydrogen-bond donors (Lipinski definition) is 2. The van der Waals surface area contributed by atoms with Crippen LogP contribution in [-0.2, 0) is 6.54 Å². The van der Waals surface area contributed by atoms with Crippen LogP contribution >= 0.6 is 0 Å². The van der Waals surface area contributed by atoms with Gasteiger partial charge in [-0.15, -0.1) is 0 Å². The summed E-state index contributed by atoms with van der Waals surface area (Å²) in [5.74, 6) is 0. The van der Waals surface area contributed by atoms with Crippen LogP contribution in [0.15, 0.2) is 6.20 Å². The second-order valence-corrected chi connectivity index (χ2v) is 3.81. The van der Waals surface area contributed by atoms with E-state index in [1.807, 2.05) is 0 Å². The average molecular weight is 197 g/mol. The number of likely N-dealkylation sites (N-methyl/N-ethyl adjacent to an activating group) is 1. The Labute approximate surface area is 84.9 Å². The van der Waals surface area contributed by atoms with Gasteiger partial charge in [0.2, 0.25) is 0 Å². The molecule has 0 aromatic carbocycles. The fourth-order valence-corrected chi connectivity index (χ4v) is 1.20. The lowest BCUT2D eigenvalue weighted by molar-refractivity contribution is 0.316. The van der Waals surface area contributed by atoms with Gasteiger partial charge in [0, 0.05) is 25.7 Å². The number of hydrogen-bond acceptors (Lipinski definition) is 4. The molecule has 0 saturated carbocycles. The van der Waals surface area contributed by atoms with Crippen molar-refractivity contribution in [2.45, 2.75) is 26.4 Å². The maximum atomic E-state index is 4.00. The van der Waals surface area contributed by atoms with Crippen molar-refractivity contribution in [2.75, 3.05) is 20.1 Å². The molecule has 0 spiro atoms. The Hall–Kier alpha value is -0.940. The molecular weight excluding hydrogens is 178 g/mol. The first-order valence-electron chi connectivity index (χ1n) is 4.95. The highest BCUT2D eigenvalue weighted by atomic mass is 15.3. The summed E-state index contributed by atoms with van der Waals surface area (Å²) in [6.45, 7) is 7.17. The average Bonchev–Trinajstić information content (AvgIpc) is 2.56. The van der Waals surface area contributed by atoms with E-state index in [9.17, 15) is 0 Å². The van der Waals surface area contributed by atoms with E-state index in [0.717, 1.165) is 25.3 Å². The van der Waals surface area contributed by atoms with Gasteiger partial charge in [0.25, 0.3) is 0 Å². The number of nitrogens with zero attached hydrogens (tertiary/aromatic N) is 3. The predicted octanol–water partition coefficient (Wildman–Crippen LogP) is 0.234. The summed E-state index contributed by atoms with van der Waals surface area (Å²) in [4.78, 5) is 2.22. The Balaban J connectivity index is 2.13. The zero-order chi connectivity index (χ0) is 10.4. The normalized spacial score (nSPS) is 11.5. The van der Waals surface area contributed by atoms with Crippen molar-refractivity contribution in [3.05, 3.63) is 11.9 Å². The molecule has 14 heavy (non-hydrogen) atoms. The Bertz CT molecular complexity index is 231. The maximum Gasteiger partial charge on any atom is 0.0964 e. The lowest BCUT2D eigenvalue weighted by atomic mass is 10.4. The molecule has 1 rings (SSSR count). The van der Waals surface area contributed by atoms with Gasteiger partial charge in [-0.1, -0.05) is 13.8 Å². The molecule has 0 unspecified atom stereocenters. The van der Waals surface area contributed by atoms with Crippen molar-refractivity contribution in [1.29, 1.82) is 0 Å². The third-order valence-corrected chi connectivity index (χ3v) is 1.94. The molecule has 1 aromatic rings. The summed E-state index contributed by atoms with van der Waals surface area (Å²) in [6, 6.07) is 0.551. The maximum absolute atomic E-state index is 4.00. The van der Waals surface area contributed by atoms with E-state index in [0.29, 0.717) is 6.04 Å². The second kappa shape index (κ2) is 5.72. The summed E-state index contributed by atoms with van der Waals surface area (Å²) in [5, 5.41) is 13.7. The highest BCUT2D eigenvalue weighted by Crippen LogP contribution is 1.94. The Morgan fingerprint density at radius 2 is 2.36 bits per heavy atom. The van der Waals surface area contributed by atoms with Crippen LogP contribution in [-0.4, -0.2) is 46.5 Å². The summed E-state index contributed by atoms with van der Waals surface area (Å²) >= 11 is 0. The second-order valence-electron chi connectivity index (χ2n) is 3.81. The standard InChI is InChI=1S/C9H19N5/c1-8(2)10-4-5-14(3)7-9-6-11-13-12-9/h6,8,10H,4-5,7H2,1-3H3,(H,11,12,13). The lowest BCUT2D eigenvalue weighted by Gasteiger charge is -2.16.